The lowest BCUT2D eigenvalue weighted by Crippen LogP contribution is -2.30. The van der Waals surface area contributed by atoms with Crippen LogP contribution >= 0.6 is 23.2 Å². The zero-order valence-corrected chi connectivity index (χ0v) is 13.9. The number of nitrogen functional groups attached to an aromatic ring is 1. The Hall–Kier alpha value is -2.15. The number of hydrazine groups is 1. The first kappa shape index (κ1) is 16.7. The first-order chi connectivity index (χ1) is 11.5. The maximum absolute atomic E-state index is 13.0. The molecule has 3 aromatic rings. The van der Waals surface area contributed by atoms with E-state index in [4.69, 9.17) is 29.0 Å². The van der Waals surface area contributed by atoms with Crippen LogP contribution in [-0.4, -0.2) is 15.7 Å². The van der Waals surface area contributed by atoms with E-state index in [-0.39, 0.29) is 5.69 Å². The molecule has 0 bridgehead atoms. The molecular weight excluding hydrogens is 354 g/mol. The number of carbonyl (C=O) groups excluding carboxylic acids is 1. The van der Waals surface area contributed by atoms with E-state index >= 15 is 0 Å². The van der Waals surface area contributed by atoms with Crippen molar-refractivity contribution in [1.29, 1.82) is 0 Å². The fraction of sp³-hybridized carbons (Fsp3) is 0.125. The first-order valence-corrected chi connectivity index (χ1v) is 7.79. The summed E-state index contributed by atoms with van der Waals surface area (Å²) in [6.45, 7) is -0.304. The monoisotopic (exact) mass is 366 g/mol. The summed E-state index contributed by atoms with van der Waals surface area (Å²) >= 11 is 12.1. The summed E-state index contributed by atoms with van der Waals surface area (Å²) < 4.78 is 14.6. The Labute approximate surface area is 147 Å². The van der Waals surface area contributed by atoms with E-state index in [1.807, 2.05) is 0 Å². The maximum atomic E-state index is 13.0. The average molecular weight is 367 g/mol. The van der Waals surface area contributed by atoms with Gasteiger partial charge < -0.3 is 0 Å². The van der Waals surface area contributed by atoms with Crippen LogP contribution in [0.1, 0.15) is 21.6 Å². The van der Waals surface area contributed by atoms with Gasteiger partial charge in [0.15, 0.2) is 5.69 Å². The number of benzene rings is 2. The molecule has 5 nitrogen and oxygen atoms in total. The van der Waals surface area contributed by atoms with Gasteiger partial charge in [-0.2, -0.15) is 5.10 Å². The average Bonchev–Trinajstić information content (AvgIpc) is 2.94. The molecule has 8 heteroatoms. The van der Waals surface area contributed by atoms with Gasteiger partial charge >= 0.3 is 0 Å². The van der Waals surface area contributed by atoms with Crippen LogP contribution in [-0.2, 0) is 13.2 Å². The largest absolute Gasteiger partial charge is 0.289 e. The molecule has 3 rings (SSSR count). The number of carbonyl (C=O) groups is 1. The maximum Gasteiger partial charge on any atom is 0.286 e. The van der Waals surface area contributed by atoms with Crippen LogP contribution in [0.4, 0.5) is 4.39 Å². The normalized spacial score (nSPS) is 11.0. The highest BCUT2D eigenvalue weighted by atomic mass is 35.5. The SMILES string of the molecule is NNC(=O)c1nn(Cc2ccc(Cl)cc2Cl)c2cc(CF)ccc12. The predicted octanol–water partition coefficient (Wildman–Crippen LogP) is 3.46. The van der Waals surface area contributed by atoms with Gasteiger partial charge in [0.1, 0.15) is 6.67 Å². The van der Waals surface area contributed by atoms with Gasteiger partial charge in [0.25, 0.3) is 5.91 Å². The Morgan fingerprint density at radius 2 is 2.04 bits per heavy atom. The molecule has 3 N–H and O–H groups in total. The number of fused-ring (bicyclic) bond motifs is 1. The van der Waals surface area contributed by atoms with Gasteiger partial charge in [-0.05, 0) is 29.3 Å². The number of nitrogens with zero attached hydrogens (tertiary/aromatic N) is 2. The third kappa shape index (κ3) is 3.08. The molecule has 24 heavy (non-hydrogen) atoms. The van der Waals surface area contributed by atoms with Crippen LogP contribution < -0.4 is 11.3 Å². The summed E-state index contributed by atoms with van der Waals surface area (Å²) in [7, 11) is 0. The number of halogens is 3. The molecule has 0 radical (unpaired) electrons. The highest BCUT2D eigenvalue weighted by Gasteiger charge is 2.17. The van der Waals surface area contributed by atoms with Crippen LogP contribution in [0, 0.1) is 0 Å². The standard InChI is InChI=1S/C16H13Cl2FN4O/c17-11-3-2-10(13(18)6-11)8-23-14-5-9(7-19)1-4-12(14)15(22-23)16(24)21-20/h1-6H,7-8,20H2,(H,21,24). The molecule has 2 aromatic carbocycles. The predicted molar refractivity (Wildman–Crippen MR) is 91.8 cm³/mol. The third-order valence-electron chi connectivity index (χ3n) is 3.65. The van der Waals surface area contributed by atoms with Crippen LogP contribution in [0.15, 0.2) is 36.4 Å². The quantitative estimate of drug-likeness (QED) is 0.421. The topological polar surface area (TPSA) is 72.9 Å². The molecule has 0 aliphatic rings. The summed E-state index contributed by atoms with van der Waals surface area (Å²) in [6, 6.07) is 10.0. The lowest BCUT2D eigenvalue weighted by atomic mass is 10.1. The molecule has 0 spiro atoms. The van der Waals surface area contributed by atoms with Crippen LogP contribution in [0.2, 0.25) is 10.0 Å². The Morgan fingerprint density at radius 3 is 2.71 bits per heavy atom. The molecular formula is C16H13Cl2FN4O. The van der Waals surface area contributed by atoms with Gasteiger partial charge in [0.2, 0.25) is 0 Å². The molecule has 0 saturated carbocycles. The van der Waals surface area contributed by atoms with E-state index in [9.17, 15) is 9.18 Å². The van der Waals surface area contributed by atoms with E-state index in [0.29, 0.717) is 33.1 Å². The van der Waals surface area contributed by atoms with E-state index < -0.39 is 12.6 Å². The molecule has 0 unspecified atom stereocenters. The lowest BCUT2D eigenvalue weighted by molar-refractivity contribution is 0.0949. The molecule has 0 atom stereocenters. The van der Waals surface area contributed by atoms with Crippen molar-refractivity contribution < 1.29 is 9.18 Å². The Bertz CT molecular complexity index is 926. The first-order valence-electron chi connectivity index (χ1n) is 7.03. The minimum absolute atomic E-state index is 0.169. The van der Waals surface area contributed by atoms with Crippen molar-refractivity contribution in [3.8, 4) is 0 Å². The van der Waals surface area contributed by atoms with E-state index in [1.165, 1.54) is 0 Å². The van der Waals surface area contributed by atoms with Gasteiger partial charge in [-0.3, -0.25) is 14.9 Å². The number of rotatable bonds is 4. The van der Waals surface area contributed by atoms with Gasteiger partial charge in [0, 0.05) is 15.4 Å². The molecule has 0 fully saturated rings. The number of hydrogen-bond donors (Lipinski definition) is 2. The van der Waals surface area contributed by atoms with E-state index in [2.05, 4.69) is 10.5 Å². The molecule has 124 valence electrons. The summed E-state index contributed by atoms with van der Waals surface area (Å²) in [5, 5.41) is 5.90. The van der Waals surface area contributed by atoms with Gasteiger partial charge in [-0.15, -0.1) is 0 Å². The smallest absolute Gasteiger partial charge is 0.286 e. The second-order valence-corrected chi connectivity index (χ2v) is 6.04. The van der Waals surface area contributed by atoms with Crippen LogP contribution in [0.5, 0.6) is 0 Å². The number of alkyl halides is 1. The summed E-state index contributed by atoms with van der Waals surface area (Å²) in [5.41, 5.74) is 4.12. The number of nitrogens with one attached hydrogen (secondary N) is 1. The van der Waals surface area contributed by atoms with E-state index in [0.717, 1.165) is 5.56 Å². The fourth-order valence-electron chi connectivity index (χ4n) is 2.47. The Balaban J connectivity index is 2.13. The van der Waals surface area contributed by atoms with Crippen molar-refractivity contribution in [3.05, 3.63) is 63.3 Å². The molecule has 1 aromatic heterocycles. The van der Waals surface area contributed by atoms with Crippen LogP contribution in [0.25, 0.3) is 10.9 Å². The summed E-state index contributed by atoms with van der Waals surface area (Å²) in [4.78, 5) is 11.9. The van der Waals surface area contributed by atoms with Crippen molar-refractivity contribution in [1.82, 2.24) is 15.2 Å². The van der Waals surface area contributed by atoms with Crippen molar-refractivity contribution in [3.63, 3.8) is 0 Å². The minimum Gasteiger partial charge on any atom is -0.289 e. The second kappa shape index (κ2) is 6.76. The van der Waals surface area contributed by atoms with Gasteiger partial charge in [-0.1, -0.05) is 41.4 Å². The zero-order valence-electron chi connectivity index (χ0n) is 12.4. The fourth-order valence-corrected chi connectivity index (χ4v) is 2.94. The minimum atomic E-state index is -0.610. The van der Waals surface area contributed by atoms with Gasteiger partial charge in [0.05, 0.1) is 12.1 Å². The van der Waals surface area contributed by atoms with E-state index in [1.54, 1.807) is 41.1 Å². The Morgan fingerprint density at radius 1 is 1.25 bits per heavy atom. The van der Waals surface area contributed by atoms with Gasteiger partial charge in [-0.25, -0.2) is 10.2 Å². The van der Waals surface area contributed by atoms with Crippen molar-refractivity contribution in [2.24, 2.45) is 5.84 Å². The van der Waals surface area contributed by atoms with Crippen molar-refractivity contribution in [2.75, 3.05) is 0 Å². The molecule has 0 aliphatic carbocycles. The second-order valence-electron chi connectivity index (χ2n) is 5.20. The lowest BCUT2D eigenvalue weighted by Gasteiger charge is -2.07. The number of amides is 1. The Kier molecular flexibility index (Phi) is 4.71. The molecule has 1 heterocycles. The molecule has 1 amide bonds. The molecule has 0 saturated heterocycles. The number of aromatic nitrogens is 2. The zero-order chi connectivity index (χ0) is 17.3. The van der Waals surface area contributed by atoms with Crippen LogP contribution in [0.3, 0.4) is 0 Å². The van der Waals surface area contributed by atoms with Crippen molar-refractivity contribution >= 4 is 40.0 Å². The van der Waals surface area contributed by atoms with Crippen molar-refractivity contribution in [2.45, 2.75) is 13.2 Å². The summed E-state index contributed by atoms with van der Waals surface area (Å²) in [5.74, 6) is 4.69. The summed E-state index contributed by atoms with van der Waals surface area (Å²) in [6.07, 6.45) is 0. The highest BCUT2D eigenvalue weighted by molar-refractivity contribution is 6.35. The molecule has 0 aliphatic heterocycles. The highest BCUT2D eigenvalue weighted by Crippen LogP contribution is 2.25. The number of hydrogen-bond acceptors (Lipinski definition) is 3. The third-order valence-corrected chi connectivity index (χ3v) is 4.24. The number of nitrogens with two attached hydrogens (primary N) is 1.